The van der Waals surface area contributed by atoms with E-state index < -0.39 is 9.84 Å². The van der Waals surface area contributed by atoms with Crippen molar-refractivity contribution in [3.8, 4) is 0 Å². The van der Waals surface area contributed by atoms with Gasteiger partial charge in [-0.25, -0.2) is 8.42 Å². The van der Waals surface area contributed by atoms with Gasteiger partial charge in [0.25, 0.3) is 5.56 Å². The fourth-order valence-electron chi connectivity index (χ4n) is 4.05. The molecule has 138 valence electrons. The molecule has 2 heterocycles. The average Bonchev–Trinajstić information content (AvgIpc) is 3.22. The Balaban J connectivity index is 1.78. The van der Waals surface area contributed by atoms with Gasteiger partial charge in [0.2, 0.25) is 5.91 Å². The molecule has 1 aromatic heterocycles. The number of H-pyrrole nitrogens is 1. The third-order valence-corrected chi connectivity index (χ3v) is 6.49. The van der Waals surface area contributed by atoms with Crippen LogP contribution in [-0.2, 0) is 14.6 Å². The van der Waals surface area contributed by atoms with Crippen molar-refractivity contribution in [1.82, 2.24) is 9.78 Å². The maximum Gasteiger partial charge on any atom is 0.270 e. The smallest absolute Gasteiger partial charge is 0.270 e. The Morgan fingerprint density at radius 3 is 2.35 bits per heavy atom. The second-order valence-corrected chi connectivity index (χ2v) is 9.17. The van der Waals surface area contributed by atoms with Crippen molar-refractivity contribution in [3.63, 3.8) is 0 Å². The first-order chi connectivity index (χ1) is 12.3. The van der Waals surface area contributed by atoms with Crippen LogP contribution in [0.2, 0.25) is 0 Å². The molecule has 1 amide bonds. The van der Waals surface area contributed by atoms with Gasteiger partial charge >= 0.3 is 0 Å². The maximum atomic E-state index is 12.6. The van der Waals surface area contributed by atoms with Crippen LogP contribution < -0.4 is 10.9 Å². The SMILES string of the molecule is CS(=O)(=O)c1ccc([C@@H]2CC(=O)Nc3c2c(=O)[nH]n3C2CCCC2)cc1. The zero-order chi connectivity index (χ0) is 18.5. The van der Waals surface area contributed by atoms with Gasteiger partial charge in [0.15, 0.2) is 9.84 Å². The Morgan fingerprint density at radius 1 is 1.08 bits per heavy atom. The molecule has 1 aromatic carbocycles. The topological polar surface area (TPSA) is 101 Å². The van der Waals surface area contributed by atoms with E-state index in [0.29, 0.717) is 11.4 Å². The van der Waals surface area contributed by atoms with E-state index in [2.05, 4.69) is 10.4 Å². The molecule has 1 saturated carbocycles. The minimum Gasteiger partial charge on any atom is -0.311 e. The number of carbonyl (C=O) groups is 1. The number of aromatic nitrogens is 2. The molecular formula is C18H21N3O4S. The van der Waals surface area contributed by atoms with Gasteiger partial charge in [-0.3, -0.25) is 19.4 Å². The number of anilines is 1. The molecule has 8 heteroatoms. The van der Waals surface area contributed by atoms with Gasteiger partial charge in [-0.1, -0.05) is 25.0 Å². The molecule has 1 atom stereocenters. The van der Waals surface area contributed by atoms with Crippen LogP contribution in [0.15, 0.2) is 34.0 Å². The molecule has 7 nitrogen and oxygen atoms in total. The van der Waals surface area contributed by atoms with Crippen molar-refractivity contribution in [3.05, 3.63) is 45.7 Å². The summed E-state index contributed by atoms with van der Waals surface area (Å²) in [4.78, 5) is 25.1. The monoisotopic (exact) mass is 375 g/mol. The molecule has 1 aliphatic heterocycles. The van der Waals surface area contributed by atoms with Crippen LogP contribution >= 0.6 is 0 Å². The largest absolute Gasteiger partial charge is 0.311 e. The number of rotatable bonds is 3. The molecule has 0 radical (unpaired) electrons. The van der Waals surface area contributed by atoms with Crippen LogP contribution in [0.3, 0.4) is 0 Å². The quantitative estimate of drug-likeness (QED) is 0.858. The summed E-state index contributed by atoms with van der Waals surface area (Å²) in [6.07, 6.45) is 5.53. The summed E-state index contributed by atoms with van der Waals surface area (Å²) < 4.78 is 25.1. The highest BCUT2D eigenvalue weighted by atomic mass is 32.2. The summed E-state index contributed by atoms with van der Waals surface area (Å²) in [6.45, 7) is 0. The van der Waals surface area contributed by atoms with Crippen molar-refractivity contribution in [1.29, 1.82) is 0 Å². The van der Waals surface area contributed by atoms with Crippen molar-refractivity contribution >= 4 is 21.6 Å². The molecule has 1 aliphatic carbocycles. The molecule has 2 N–H and O–H groups in total. The van der Waals surface area contributed by atoms with Crippen LogP contribution in [0.1, 0.15) is 55.2 Å². The normalized spacial score (nSPS) is 20.8. The number of benzene rings is 1. The molecule has 0 unspecified atom stereocenters. The van der Waals surface area contributed by atoms with E-state index in [1.165, 1.54) is 12.1 Å². The Kier molecular flexibility index (Phi) is 4.02. The molecular weight excluding hydrogens is 354 g/mol. The Hall–Kier alpha value is -2.35. The third kappa shape index (κ3) is 2.88. The first-order valence-corrected chi connectivity index (χ1v) is 10.7. The lowest BCUT2D eigenvalue weighted by Crippen LogP contribution is -2.27. The summed E-state index contributed by atoms with van der Waals surface area (Å²) in [5.74, 6) is 0.0505. The van der Waals surface area contributed by atoms with Crippen molar-refractivity contribution in [2.45, 2.75) is 49.0 Å². The standard InChI is InChI=1S/C18H21N3O4S/c1-26(24,25)13-8-6-11(7-9-13)14-10-15(22)19-17-16(14)18(23)20-21(17)12-4-2-3-5-12/h6-9,12,14H,2-5,10H2,1H3,(H,19,22)(H,20,23)/t14-/m0/s1. The summed E-state index contributed by atoms with van der Waals surface area (Å²) in [7, 11) is -3.29. The van der Waals surface area contributed by atoms with E-state index in [9.17, 15) is 18.0 Å². The molecule has 4 rings (SSSR count). The van der Waals surface area contributed by atoms with E-state index in [0.717, 1.165) is 37.5 Å². The van der Waals surface area contributed by atoms with Gasteiger partial charge < -0.3 is 5.32 Å². The second kappa shape index (κ2) is 6.12. The lowest BCUT2D eigenvalue weighted by Gasteiger charge is -2.25. The number of amides is 1. The number of hydrogen-bond acceptors (Lipinski definition) is 4. The number of sulfone groups is 1. The minimum atomic E-state index is -3.29. The van der Waals surface area contributed by atoms with Crippen molar-refractivity contribution in [2.24, 2.45) is 0 Å². The van der Waals surface area contributed by atoms with Crippen LogP contribution in [0.4, 0.5) is 5.82 Å². The summed E-state index contributed by atoms with van der Waals surface area (Å²) in [5.41, 5.74) is 1.14. The molecule has 2 aromatic rings. The first kappa shape index (κ1) is 17.1. The van der Waals surface area contributed by atoms with Crippen LogP contribution in [-0.4, -0.2) is 30.4 Å². The van der Waals surface area contributed by atoms with Gasteiger partial charge in [-0.15, -0.1) is 0 Å². The number of nitrogens with one attached hydrogen (secondary N) is 2. The number of fused-ring (bicyclic) bond motifs is 1. The third-order valence-electron chi connectivity index (χ3n) is 5.36. The van der Waals surface area contributed by atoms with Crippen molar-refractivity contribution in [2.75, 3.05) is 11.6 Å². The molecule has 1 fully saturated rings. The Bertz CT molecular complexity index is 1010. The average molecular weight is 375 g/mol. The zero-order valence-electron chi connectivity index (χ0n) is 14.5. The fourth-order valence-corrected chi connectivity index (χ4v) is 4.68. The van der Waals surface area contributed by atoms with Gasteiger partial charge in [-0.2, -0.15) is 0 Å². The lowest BCUT2D eigenvalue weighted by molar-refractivity contribution is -0.116. The number of nitrogens with zero attached hydrogens (tertiary/aromatic N) is 1. The number of hydrogen-bond donors (Lipinski definition) is 2. The Morgan fingerprint density at radius 2 is 1.73 bits per heavy atom. The second-order valence-electron chi connectivity index (χ2n) is 7.16. The number of carbonyl (C=O) groups excluding carboxylic acids is 1. The first-order valence-electron chi connectivity index (χ1n) is 8.79. The van der Waals surface area contributed by atoms with Crippen LogP contribution in [0, 0.1) is 0 Å². The highest BCUT2D eigenvalue weighted by Gasteiger charge is 2.34. The van der Waals surface area contributed by atoms with Gasteiger partial charge in [-0.05, 0) is 30.5 Å². The van der Waals surface area contributed by atoms with Crippen molar-refractivity contribution < 1.29 is 13.2 Å². The highest BCUT2D eigenvalue weighted by Crippen LogP contribution is 2.39. The molecule has 0 bridgehead atoms. The van der Waals surface area contributed by atoms with E-state index in [-0.39, 0.29) is 34.7 Å². The van der Waals surface area contributed by atoms with E-state index in [1.54, 1.807) is 12.1 Å². The summed E-state index contributed by atoms with van der Waals surface area (Å²) in [6, 6.07) is 6.64. The molecule has 0 saturated heterocycles. The predicted octanol–water partition coefficient (Wildman–Crippen LogP) is 2.17. The van der Waals surface area contributed by atoms with Crippen LogP contribution in [0.25, 0.3) is 0 Å². The van der Waals surface area contributed by atoms with Crippen LogP contribution in [0.5, 0.6) is 0 Å². The van der Waals surface area contributed by atoms with Gasteiger partial charge in [0.1, 0.15) is 5.82 Å². The predicted molar refractivity (Wildman–Crippen MR) is 97.2 cm³/mol. The van der Waals surface area contributed by atoms with E-state index in [1.807, 2.05) is 4.68 Å². The maximum absolute atomic E-state index is 12.6. The molecule has 2 aliphatic rings. The van der Waals surface area contributed by atoms with Gasteiger partial charge in [0, 0.05) is 18.6 Å². The Labute approximate surface area is 151 Å². The zero-order valence-corrected chi connectivity index (χ0v) is 15.3. The minimum absolute atomic E-state index is 0.138. The molecule has 26 heavy (non-hydrogen) atoms. The highest BCUT2D eigenvalue weighted by molar-refractivity contribution is 7.90. The molecule has 0 spiro atoms. The summed E-state index contributed by atoms with van der Waals surface area (Å²) >= 11 is 0. The number of aromatic amines is 1. The van der Waals surface area contributed by atoms with E-state index >= 15 is 0 Å². The van der Waals surface area contributed by atoms with E-state index in [4.69, 9.17) is 0 Å². The lowest BCUT2D eigenvalue weighted by atomic mass is 9.87. The van der Waals surface area contributed by atoms with Gasteiger partial charge in [0.05, 0.1) is 16.5 Å². The summed E-state index contributed by atoms with van der Waals surface area (Å²) in [5, 5.41) is 5.76. The fraction of sp³-hybridized carbons (Fsp3) is 0.444.